The molecule has 1 aliphatic rings. The van der Waals surface area contributed by atoms with Gasteiger partial charge in [0.25, 0.3) is 0 Å². The van der Waals surface area contributed by atoms with Gasteiger partial charge in [-0.1, -0.05) is 0 Å². The van der Waals surface area contributed by atoms with E-state index < -0.39 is 12.0 Å². The summed E-state index contributed by atoms with van der Waals surface area (Å²) in [4.78, 5) is 11.2. The highest BCUT2D eigenvalue weighted by molar-refractivity contribution is 5.78. The van der Waals surface area contributed by atoms with Gasteiger partial charge >= 0.3 is 5.97 Å². The normalized spacial score (nSPS) is 15.9. The molecule has 0 heterocycles. The van der Waals surface area contributed by atoms with E-state index in [9.17, 15) is 9.90 Å². The zero-order valence-electron chi connectivity index (χ0n) is 10.5. The van der Waals surface area contributed by atoms with Gasteiger partial charge in [0.15, 0.2) is 0 Å². The number of hydrogen-bond acceptors (Lipinski definition) is 4. The van der Waals surface area contributed by atoms with Crippen LogP contribution >= 0.6 is 0 Å². The Balaban J connectivity index is 2.18. The largest absolute Gasteiger partial charge is 0.497 e. The fourth-order valence-corrected chi connectivity index (χ4v) is 1.88. The fourth-order valence-electron chi connectivity index (χ4n) is 1.88. The van der Waals surface area contributed by atoms with Crippen LogP contribution in [0.15, 0.2) is 18.2 Å². The molecule has 1 unspecified atom stereocenters. The summed E-state index contributed by atoms with van der Waals surface area (Å²) >= 11 is 0. The van der Waals surface area contributed by atoms with E-state index in [0.29, 0.717) is 17.2 Å². The molecule has 1 aliphatic carbocycles. The molecule has 1 saturated carbocycles. The Bertz CT molecular complexity index is 420. The summed E-state index contributed by atoms with van der Waals surface area (Å²) in [5, 5.41) is 12.2. The van der Waals surface area contributed by atoms with E-state index in [1.807, 2.05) is 0 Å². The average molecular weight is 251 g/mol. The predicted octanol–water partition coefficient (Wildman–Crippen LogP) is 1.98. The third-order valence-corrected chi connectivity index (χ3v) is 3.03. The van der Waals surface area contributed by atoms with Crippen molar-refractivity contribution in [2.24, 2.45) is 5.92 Å². The second-order valence-corrected chi connectivity index (χ2v) is 4.40. The van der Waals surface area contributed by atoms with Gasteiger partial charge in [-0.2, -0.15) is 0 Å². The Morgan fingerprint density at radius 3 is 2.22 bits per heavy atom. The van der Waals surface area contributed by atoms with Gasteiger partial charge in [0, 0.05) is 23.9 Å². The minimum absolute atomic E-state index is 0.222. The van der Waals surface area contributed by atoms with Crippen molar-refractivity contribution in [1.82, 2.24) is 0 Å². The van der Waals surface area contributed by atoms with Gasteiger partial charge in [-0.25, -0.2) is 4.79 Å². The van der Waals surface area contributed by atoms with Gasteiger partial charge in [0.1, 0.15) is 17.5 Å². The van der Waals surface area contributed by atoms with E-state index in [1.165, 1.54) is 0 Å². The number of ether oxygens (including phenoxy) is 2. The highest BCUT2D eigenvalue weighted by Gasteiger charge is 2.36. The lowest BCUT2D eigenvalue weighted by Gasteiger charge is -2.16. The van der Waals surface area contributed by atoms with Crippen LogP contribution in [0.1, 0.15) is 12.8 Å². The van der Waals surface area contributed by atoms with Crippen LogP contribution in [0.4, 0.5) is 5.69 Å². The molecule has 0 aliphatic heterocycles. The molecule has 0 amide bonds. The van der Waals surface area contributed by atoms with Crippen molar-refractivity contribution in [3.05, 3.63) is 18.2 Å². The van der Waals surface area contributed by atoms with E-state index in [2.05, 4.69) is 5.32 Å². The smallest absolute Gasteiger partial charge is 0.326 e. The third-order valence-electron chi connectivity index (χ3n) is 3.03. The number of carbonyl (C=O) groups is 1. The van der Waals surface area contributed by atoms with Crippen molar-refractivity contribution >= 4 is 11.7 Å². The lowest BCUT2D eigenvalue weighted by atomic mass is 10.1. The standard InChI is InChI=1S/C13H17NO4/c1-17-10-5-9(6-11(7-10)18-2)14-12(13(15)16)8-3-4-8/h5-8,12,14H,3-4H2,1-2H3,(H,15,16). The van der Waals surface area contributed by atoms with Crippen molar-refractivity contribution in [2.45, 2.75) is 18.9 Å². The number of carboxylic acid groups (broad SMARTS) is 1. The maximum Gasteiger partial charge on any atom is 0.326 e. The van der Waals surface area contributed by atoms with E-state index in [0.717, 1.165) is 12.8 Å². The molecule has 1 aromatic carbocycles. The Morgan fingerprint density at radius 1 is 1.28 bits per heavy atom. The molecule has 1 atom stereocenters. The van der Waals surface area contributed by atoms with Gasteiger partial charge < -0.3 is 19.9 Å². The Labute approximate surface area is 106 Å². The molecule has 2 rings (SSSR count). The Morgan fingerprint density at radius 2 is 1.83 bits per heavy atom. The van der Waals surface area contributed by atoms with Crippen LogP contribution in [0.5, 0.6) is 11.5 Å². The molecule has 0 saturated heterocycles. The second-order valence-electron chi connectivity index (χ2n) is 4.40. The van der Waals surface area contributed by atoms with Gasteiger partial charge in [-0.05, 0) is 18.8 Å². The summed E-state index contributed by atoms with van der Waals surface area (Å²) < 4.78 is 10.3. The molecule has 2 N–H and O–H groups in total. The molecule has 0 spiro atoms. The van der Waals surface area contributed by atoms with Gasteiger partial charge in [-0.3, -0.25) is 0 Å². The molecular weight excluding hydrogens is 234 g/mol. The molecule has 1 aromatic rings. The minimum atomic E-state index is -0.820. The number of carboxylic acids is 1. The van der Waals surface area contributed by atoms with Gasteiger partial charge in [-0.15, -0.1) is 0 Å². The lowest BCUT2D eigenvalue weighted by molar-refractivity contribution is -0.138. The molecule has 5 heteroatoms. The van der Waals surface area contributed by atoms with Crippen molar-refractivity contribution in [1.29, 1.82) is 0 Å². The first-order valence-corrected chi connectivity index (χ1v) is 5.86. The van der Waals surface area contributed by atoms with Crippen molar-refractivity contribution in [2.75, 3.05) is 19.5 Å². The van der Waals surface area contributed by atoms with Crippen LogP contribution in [0.2, 0.25) is 0 Å². The minimum Gasteiger partial charge on any atom is -0.497 e. The fraction of sp³-hybridized carbons (Fsp3) is 0.462. The molecule has 98 valence electrons. The number of methoxy groups -OCH3 is 2. The molecule has 5 nitrogen and oxygen atoms in total. The molecule has 0 radical (unpaired) electrons. The van der Waals surface area contributed by atoms with Crippen LogP contribution in [-0.2, 0) is 4.79 Å². The van der Waals surface area contributed by atoms with Crippen LogP contribution in [0, 0.1) is 5.92 Å². The molecular formula is C13H17NO4. The quantitative estimate of drug-likeness (QED) is 0.809. The average Bonchev–Trinajstić information content (AvgIpc) is 3.19. The summed E-state index contributed by atoms with van der Waals surface area (Å²) in [6, 6.07) is 4.74. The Kier molecular flexibility index (Phi) is 3.60. The maximum absolute atomic E-state index is 11.2. The van der Waals surface area contributed by atoms with Crippen molar-refractivity contribution in [3.63, 3.8) is 0 Å². The van der Waals surface area contributed by atoms with Crippen LogP contribution in [0.25, 0.3) is 0 Å². The number of hydrogen-bond donors (Lipinski definition) is 2. The summed E-state index contributed by atoms with van der Waals surface area (Å²) in [6.45, 7) is 0. The predicted molar refractivity (Wildman–Crippen MR) is 67.3 cm³/mol. The maximum atomic E-state index is 11.2. The van der Waals surface area contributed by atoms with Crippen LogP contribution in [0.3, 0.4) is 0 Å². The second kappa shape index (κ2) is 5.16. The number of rotatable bonds is 6. The van der Waals surface area contributed by atoms with E-state index in [-0.39, 0.29) is 5.92 Å². The highest BCUT2D eigenvalue weighted by Crippen LogP contribution is 2.35. The topological polar surface area (TPSA) is 67.8 Å². The lowest BCUT2D eigenvalue weighted by Crippen LogP contribution is -2.31. The van der Waals surface area contributed by atoms with Gasteiger partial charge in [0.05, 0.1) is 14.2 Å². The number of nitrogens with one attached hydrogen (secondary N) is 1. The zero-order valence-corrected chi connectivity index (χ0v) is 10.5. The van der Waals surface area contributed by atoms with Crippen LogP contribution < -0.4 is 14.8 Å². The highest BCUT2D eigenvalue weighted by atomic mass is 16.5. The number of anilines is 1. The third kappa shape index (κ3) is 2.85. The monoisotopic (exact) mass is 251 g/mol. The van der Waals surface area contributed by atoms with Gasteiger partial charge in [0.2, 0.25) is 0 Å². The number of aliphatic carboxylic acids is 1. The van der Waals surface area contributed by atoms with Crippen LogP contribution in [-0.4, -0.2) is 31.3 Å². The summed E-state index contributed by atoms with van der Waals surface area (Å²) in [5.41, 5.74) is 0.700. The SMILES string of the molecule is COc1cc(NC(C(=O)O)C2CC2)cc(OC)c1. The first-order chi connectivity index (χ1) is 8.63. The molecule has 0 aromatic heterocycles. The van der Waals surface area contributed by atoms with E-state index in [4.69, 9.17) is 9.47 Å². The van der Waals surface area contributed by atoms with Crippen molar-refractivity contribution < 1.29 is 19.4 Å². The molecule has 0 bridgehead atoms. The van der Waals surface area contributed by atoms with E-state index in [1.54, 1.807) is 32.4 Å². The summed E-state index contributed by atoms with van der Waals surface area (Å²) in [7, 11) is 3.13. The number of benzene rings is 1. The molecule has 18 heavy (non-hydrogen) atoms. The van der Waals surface area contributed by atoms with E-state index >= 15 is 0 Å². The van der Waals surface area contributed by atoms with Crippen molar-refractivity contribution in [3.8, 4) is 11.5 Å². The Hall–Kier alpha value is -1.91. The first kappa shape index (κ1) is 12.5. The summed E-state index contributed by atoms with van der Waals surface area (Å²) in [6.07, 6.45) is 1.93. The molecule has 1 fully saturated rings. The first-order valence-electron chi connectivity index (χ1n) is 5.86. The zero-order chi connectivity index (χ0) is 13.1. The summed E-state index contributed by atoms with van der Waals surface area (Å²) in [5.74, 6) is 0.674.